The lowest BCUT2D eigenvalue weighted by Crippen LogP contribution is -2.29. The predicted octanol–water partition coefficient (Wildman–Crippen LogP) is -0.973. The second-order valence-corrected chi connectivity index (χ2v) is 9.93. The number of ether oxygens (including phenoxy) is 1. The number of benzene rings is 2. The molecule has 2 aliphatic heterocycles. The van der Waals surface area contributed by atoms with E-state index in [9.17, 15) is 36.6 Å². The normalized spacial score (nSPS) is 17.8. The number of carbonyl (C=O) groups excluding carboxylic acids is 2. The maximum atomic E-state index is 11.5. The third-order valence-electron chi connectivity index (χ3n) is 4.46. The van der Waals surface area contributed by atoms with Crippen LogP contribution in [0.4, 0.5) is 11.4 Å². The molecule has 0 bridgehead atoms. The van der Waals surface area contributed by atoms with E-state index in [0.717, 1.165) is 14.7 Å². The monoisotopic (exact) mass is 511 g/mol. The van der Waals surface area contributed by atoms with Gasteiger partial charge in [-0.1, -0.05) is 0 Å². The highest BCUT2D eigenvalue weighted by atomic mass is 32.2. The van der Waals surface area contributed by atoms with Crippen molar-refractivity contribution < 1.29 is 41.4 Å². The summed E-state index contributed by atoms with van der Waals surface area (Å²) >= 11 is 0. The zero-order valence-electron chi connectivity index (χ0n) is 17.3. The second kappa shape index (κ2) is 8.96. The summed E-state index contributed by atoms with van der Waals surface area (Å²) < 4.78 is 56.1. The molecule has 0 aliphatic carbocycles. The standard InChI is InChI=1S/C9H7N3O4S.C9H10N2O5S/c10-4-6-1-2-7(8(13)3-6)12-5-9(14)11-17(12,15)16;1-16-6-2-3-7(8(12)4-6)11-5-9(13)10-17(11,14)15/h1-3,13H,5H2,(H,11,14);2-4,12H,5H2,1H3,(H,10,13). The van der Waals surface area contributed by atoms with Crippen LogP contribution in [0.15, 0.2) is 36.4 Å². The van der Waals surface area contributed by atoms with Crippen molar-refractivity contribution in [3.63, 3.8) is 0 Å². The topological polar surface area (TPSA) is 206 Å². The Labute approximate surface area is 194 Å². The molecule has 16 heteroatoms. The van der Waals surface area contributed by atoms with E-state index in [1.54, 1.807) is 10.8 Å². The van der Waals surface area contributed by atoms with Crippen molar-refractivity contribution in [2.24, 2.45) is 0 Å². The SMILES string of the molecule is COc1ccc(N2CC(=O)NS2(=O)=O)c(O)c1.N#Cc1ccc(N2CC(=O)NS2(=O)=O)c(O)c1. The van der Waals surface area contributed by atoms with Gasteiger partial charge >= 0.3 is 20.4 Å². The number of phenols is 2. The molecule has 0 aromatic heterocycles. The van der Waals surface area contributed by atoms with E-state index in [1.165, 1.54) is 37.4 Å². The first-order valence-electron chi connectivity index (χ1n) is 9.14. The number of aromatic hydroxyl groups is 2. The third-order valence-corrected chi connectivity index (χ3v) is 7.25. The molecular formula is C18H17N5O9S2. The molecule has 2 aromatic rings. The number of phenolic OH excluding ortho intramolecular Hbond substituents is 2. The van der Waals surface area contributed by atoms with Crippen molar-refractivity contribution in [2.45, 2.75) is 0 Å². The van der Waals surface area contributed by atoms with Crippen molar-refractivity contribution in [3.05, 3.63) is 42.0 Å². The van der Waals surface area contributed by atoms with Crippen molar-refractivity contribution in [1.29, 1.82) is 5.26 Å². The van der Waals surface area contributed by atoms with E-state index in [4.69, 9.17) is 10.00 Å². The van der Waals surface area contributed by atoms with Gasteiger partial charge in [0.15, 0.2) is 0 Å². The minimum absolute atomic E-state index is 0.0316. The van der Waals surface area contributed by atoms with Crippen LogP contribution in [0.25, 0.3) is 0 Å². The summed E-state index contributed by atoms with van der Waals surface area (Å²) in [5, 5.41) is 27.9. The summed E-state index contributed by atoms with van der Waals surface area (Å²) in [6, 6.07) is 9.69. The van der Waals surface area contributed by atoms with Crippen LogP contribution >= 0.6 is 0 Å². The number of anilines is 2. The largest absolute Gasteiger partial charge is 0.506 e. The fourth-order valence-electron chi connectivity index (χ4n) is 2.97. The van der Waals surface area contributed by atoms with E-state index >= 15 is 0 Å². The maximum Gasteiger partial charge on any atom is 0.326 e. The van der Waals surface area contributed by atoms with Crippen molar-refractivity contribution >= 4 is 43.6 Å². The summed E-state index contributed by atoms with van der Waals surface area (Å²) in [4.78, 5) is 22.0. The first kappa shape index (κ1) is 24.4. The van der Waals surface area contributed by atoms with Crippen molar-refractivity contribution in [1.82, 2.24) is 9.44 Å². The summed E-state index contributed by atoms with van der Waals surface area (Å²) in [7, 11) is -6.42. The Kier molecular flexibility index (Phi) is 6.43. The molecule has 34 heavy (non-hydrogen) atoms. The van der Waals surface area contributed by atoms with Crippen LogP contribution in [0.2, 0.25) is 0 Å². The van der Waals surface area contributed by atoms with Crippen LogP contribution in [0.3, 0.4) is 0 Å². The molecule has 2 amide bonds. The number of hydrogen-bond acceptors (Lipinski definition) is 10. The molecule has 2 heterocycles. The van der Waals surface area contributed by atoms with Crippen LogP contribution < -0.4 is 22.8 Å². The van der Waals surface area contributed by atoms with Gasteiger partial charge in [0.2, 0.25) is 0 Å². The lowest BCUT2D eigenvalue weighted by molar-refractivity contribution is -0.118. The average molecular weight is 511 g/mol. The predicted molar refractivity (Wildman–Crippen MR) is 116 cm³/mol. The lowest BCUT2D eigenvalue weighted by atomic mass is 10.2. The highest BCUT2D eigenvalue weighted by molar-refractivity contribution is 7.92. The van der Waals surface area contributed by atoms with E-state index < -0.39 is 32.2 Å². The molecule has 4 N–H and O–H groups in total. The minimum Gasteiger partial charge on any atom is -0.506 e. The Morgan fingerprint density at radius 3 is 1.71 bits per heavy atom. The minimum atomic E-state index is -3.94. The number of nitrogens with zero attached hydrogens (tertiary/aromatic N) is 3. The molecule has 2 aromatic carbocycles. The van der Waals surface area contributed by atoms with E-state index in [-0.39, 0.29) is 41.5 Å². The first-order chi connectivity index (χ1) is 15.9. The molecule has 2 fully saturated rings. The number of methoxy groups -OCH3 is 1. The zero-order chi connectivity index (χ0) is 25.3. The summed E-state index contributed by atoms with van der Waals surface area (Å²) in [6.07, 6.45) is 0. The van der Waals surface area contributed by atoms with Crippen LogP contribution in [-0.2, 0) is 30.0 Å². The number of hydrogen-bond donors (Lipinski definition) is 4. The Morgan fingerprint density at radius 1 is 0.882 bits per heavy atom. The van der Waals surface area contributed by atoms with E-state index in [0.29, 0.717) is 5.75 Å². The Morgan fingerprint density at radius 2 is 1.35 bits per heavy atom. The smallest absolute Gasteiger partial charge is 0.326 e. The van der Waals surface area contributed by atoms with E-state index in [1.807, 2.05) is 4.72 Å². The summed E-state index contributed by atoms with van der Waals surface area (Å²) in [5.41, 5.74) is 0.189. The van der Waals surface area contributed by atoms with Gasteiger partial charge in [0.05, 0.1) is 30.1 Å². The Balaban J connectivity index is 0.000000191. The molecule has 2 aliphatic rings. The zero-order valence-corrected chi connectivity index (χ0v) is 18.9. The molecule has 0 spiro atoms. The number of rotatable bonds is 3. The molecule has 4 rings (SSSR count). The Hall–Kier alpha value is -4.23. The van der Waals surface area contributed by atoms with Gasteiger partial charge < -0.3 is 14.9 Å². The summed E-state index contributed by atoms with van der Waals surface area (Å²) in [6.45, 7) is -0.732. The van der Waals surface area contributed by atoms with Crippen LogP contribution in [0.5, 0.6) is 17.2 Å². The summed E-state index contributed by atoms with van der Waals surface area (Å²) in [5.74, 6) is -1.57. The number of amides is 2. The van der Waals surface area contributed by atoms with Gasteiger partial charge in [0.25, 0.3) is 11.8 Å². The first-order valence-corrected chi connectivity index (χ1v) is 12.0. The van der Waals surface area contributed by atoms with Gasteiger partial charge in [-0.15, -0.1) is 0 Å². The lowest BCUT2D eigenvalue weighted by Gasteiger charge is -2.16. The molecule has 0 atom stereocenters. The van der Waals surface area contributed by atoms with Crippen molar-refractivity contribution in [3.8, 4) is 23.3 Å². The molecule has 0 radical (unpaired) electrons. The van der Waals surface area contributed by atoms with Gasteiger partial charge in [-0.25, -0.2) is 18.1 Å². The van der Waals surface area contributed by atoms with Crippen LogP contribution in [0.1, 0.15) is 5.56 Å². The van der Waals surface area contributed by atoms with Gasteiger partial charge in [-0.2, -0.15) is 22.1 Å². The van der Waals surface area contributed by atoms with Crippen molar-refractivity contribution in [2.75, 3.05) is 28.8 Å². The van der Waals surface area contributed by atoms with Gasteiger partial charge in [0, 0.05) is 6.07 Å². The maximum absolute atomic E-state index is 11.5. The fraction of sp³-hybridized carbons (Fsp3) is 0.167. The van der Waals surface area contributed by atoms with E-state index in [2.05, 4.69) is 0 Å². The highest BCUT2D eigenvalue weighted by Gasteiger charge is 2.36. The number of nitrogens with one attached hydrogen (secondary N) is 2. The molecular weight excluding hydrogens is 494 g/mol. The average Bonchev–Trinajstić information content (AvgIpc) is 3.19. The number of nitriles is 1. The molecule has 14 nitrogen and oxygen atoms in total. The fourth-order valence-corrected chi connectivity index (χ4v) is 5.29. The molecule has 2 saturated heterocycles. The van der Waals surface area contributed by atoms with Gasteiger partial charge in [-0.05, 0) is 30.3 Å². The number of carbonyl (C=O) groups is 2. The van der Waals surface area contributed by atoms with Crippen LogP contribution in [0, 0.1) is 11.3 Å². The molecule has 0 unspecified atom stereocenters. The quantitative estimate of drug-likeness (QED) is 0.396. The Bertz CT molecular complexity index is 1420. The second-order valence-electron chi connectivity index (χ2n) is 6.74. The van der Waals surface area contributed by atoms with Crippen LogP contribution in [-0.4, -0.2) is 59.1 Å². The molecule has 180 valence electrons. The third kappa shape index (κ3) is 4.89. The highest BCUT2D eigenvalue weighted by Crippen LogP contribution is 2.33. The van der Waals surface area contributed by atoms with Gasteiger partial charge in [-0.3, -0.25) is 9.59 Å². The molecule has 0 saturated carbocycles. The van der Waals surface area contributed by atoms with Gasteiger partial charge in [0.1, 0.15) is 30.3 Å².